The van der Waals surface area contributed by atoms with Gasteiger partial charge in [0.15, 0.2) is 11.6 Å². The van der Waals surface area contributed by atoms with Crippen LogP contribution >= 0.6 is 0 Å². The van der Waals surface area contributed by atoms with E-state index in [2.05, 4.69) is 0 Å². The zero-order valence-corrected chi connectivity index (χ0v) is 13.9. The lowest BCUT2D eigenvalue weighted by Gasteiger charge is -2.21. The molecule has 8 nitrogen and oxygen atoms in total. The van der Waals surface area contributed by atoms with Gasteiger partial charge in [0.2, 0.25) is 0 Å². The molecule has 0 atom stereocenters. The van der Waals surface area contributed by atoms with Crippen molar-refractivity contribution in [3.63, 3.8) is 0 Å². The lowest BCUT2D eigenvalue weighted by Crippen LogP contribution is -2.21. The highest BCUT2D eigenvalue weighted by Gasteiger charge is 2.36. The number of phenolic OH excluding ortho intramolecular Hbond substituents is 2. The molecule has 1 aliphatic rings. The molecule has 0 saturated heterocycles. The van der Waals surface area contributed by atoms with Gasteiger partial charge in [-0.2, -0.15) is 0 Å². The molecule has 138 valence electrons. The average molecular weight is 378 g/mol. The Labute approximate surface area is 155 Å². The van der Waals surface area contributed by atoms with Crippen LogP contribution in [0, 0.1) is 0 Å². The molecule has 0 aliphatic heterocycles. The third kappa shape index (κ3) is 2.11. The Bertz CT molecular complexity index is 1170. The Balaban J connectivity index is 2.17. The van der Waals surface area contributed by atoms with E-state index in [0.717, 1.165) is 12.1 Å². The van der Waals surface area contributed by atoms with Crippen LogP contribution in [0.15, 0.2) is 36.4 Å². The Morgan fingerprint density at radius 1 is 0.679 bits per heavy atom. The molecule has 0 spiro atoms. The minimum atomic E-state index is -1.57. The fraction of sp³-hybridized carbons (Fsp3) is 0. The number of carboxylic acid groups (broad SMARTS) is 2. The molecule has 0 fully saturated rings. The van der Waals surface area contributed by atoms with Crippen LogP contribution in [-0.4, -0.2) is 43.9 Å². The molecule has 3 aromatic carbocycles. The highest BCUT2D eigenvalue weighted by molar-refractivity contribution is 6.32. The average Bonchev–Trinajstić information content (AvgIpc) is 2.67. The third-order valence-electron chi connectivity index (χ3n) is 4.72. The van der Waals surface area contributed by atoms with Crippen LogP contribution in [0.2, 0.25) is 0 Å². The van der Waals surface area contributed by atoms with E-state index in [9.17, 15) is 39.6 Å². The number of ketones is 2. The van der Waals surface area contributed by atoms with Crippen molar-refractivity contribution in [3.8, 4) is 11.5 Å². The van der Waals surface area contributed by atoms with Crippen LogP contribution in [0.4, 0.5) is 0 Å². The van der Waals surface area contributed by atoms with E-state index in [1.165, 1.54) is 24.3 Å². The number of aromatic hydroxyl groups is 2. The second-order valence-electron chi connectivity index (χ2n) is 6.20. The molecule has 4 rings (SSSR count). The molecule has 0 bridgehead atoms. The van der Waals surface area contributed by atoms with Crippen molar-refractivity contribution in [1.82, 2.24) is 0 Å². The van der Waals surface area contributed by atoms with Gasteiger partial charge in [-0.1, -0.05) is 24.3 Å². The van der Waals surface area contributed by atoms with Crippen LogP contribution in [0.25, 0.3) is 10.8 Å². The molecule has 28 heavy (non-hydrogen) atoms. The third-order valence-corrected chi connectivity index (χ3v) is 4.72. The minimum absolute atomic E-state index is 0.0367. The van der Waals surface area contributed by atoms with Gasteiger partial charge in [0.25, 0.3) is 0 Å². The van der Waals surface area contributed by atoms with Gasteiger partial charge in [-0.3, -0.25) is 9.59 Å². The predicted octanol–water partition coefficient (Wildman–Crippen LogP) is 2.42. The summed E-state index contributed by atoms with van der Waals surface area (Å²) in [6, 6.07) is 7.58. The van der Waals surface area contributed by atoms with E-state index in [4.69, 9.17) is 0 Å². The first-order valence-electron chi connectivity index (χ1n) is 7.94. The second-order valence-corrected chi connectivity index (χ2v) is 6.20. The van der Waals surface area contributed by atoms with Crippen LogP contribution in [0.3, 0.4) is 0 Å². The maximum Gasteiger partial charge on any atom is 0.336 e. The number of aromatic carboxylic acids is 2. The molecular weight excluding hydrogens is 368 g/mol. The van der Waals surface area contributed by atoms with Crippen molar-refractivity contribution in [3.05, 3.63) is 69.8 Å². The smallest absolute Gasteiger partial charge is 0.336 e. The Hall–Kier alpha value is -4.20. The number of carbonyl (C=O) groups is 4. The van der Waals surface area contributed by atoms with E-state index >= 15 is 0 Å². The van der Waals surface area contributed by atoms with Gasteiger partial charge in [0.05, 0.1) is 22.3 Å². The van der Waals surface area contributed by atoms with Crippen LogP contribution < -0.4 is 0 Å². The van der Waals surface area contributed by atoms with Crippen molar-refractivity contribution in [2.45, 2.75) is 0 Å². The molecular formula is C20H10O8. The highest BCUT2D eigenvalue weighted by atomic mass is 16.4. The molecule has 4 N–H and O–H groups in total. The summed E-state index contributed by atoms with van der Waals surface area (Å²) in [5.74, 6) is -5.95. The normalized spacial score (nSPS) is 12.6. The standard InChI is InChI=1S/C20H10O8/c21-15-7-3-1-2-4-8(7)16(22)14-13(15)17(23)9-5-11(19(25)26)12(20(27)28)6-10(9)18(14)24/h1-6,23-24H,(H,25,26)(H,27,28). The fourth-order valence-corrected chi connectivity index (χ4v) is 3.44. The lowest BCUT2D eigenvalue weighted by molar-refractivity contribution is 0.0652. The first-order chi connectivity index (χ1) is 13.2. The van der Waals surface area contributed by atoms with Gasteiger partial charge in [-0.05, 0) is 12.1 Å². The van der Waals surface area contributed by atoms with Crippen LogP contribution in [0.5, 0.6) is 11.5 Å². The van der Waals surface area contributed by atoms with E-state index in [1.54, 1.807) is 0 Å². The largest absolute Gasteiger partial charge is 0.506 e. The number of carboxylic acids is 2. The molecule has 3 aromatic rings. The zero-order valence-electron chi connectivity index (χ0n) is 13.9. The monoisotopic (exact) mass is 378 g/mol. The van der Waals surface area contributed by atoms with Crippen molar-refractivity contribution in [2.24, 2.45) is 0 Å². The summed E-state index contributed by atoms with van der Waals surface area (Å²) in [5, 5.41) is 39.3. The Kier molecular flexibility index (Phi) is 3.47. The number of hydrogen-bond acceptors (Lipinski definition) is 6. The quantitative estimate of drug-likeness (QED) is 0.389. The summed E-state index contributed by atoms with van der Waals surface area (Å²) in [7, 11) is 0. The van der Waals surface area contributed by atoms with E-state index in [0.29, 0.717) is 0 Å². The van der Waals surface area contributed by atoms with Crippen molar-refractivity contribution in [2.75, 3.05) is 0 Å². The predicted molar refractivity (Wildman–Crippen MR) is 94.5 cm³/mol. The molecule has 1 aliphatic carbocycles. The van der Waals surface area contributed by atoms with Gasteiger partial charge in [0, 0.05) is 21.9 Å². The molecule has 0 unspecified atom stereocenters. The lowest BCUT2D eigenvalue weighted by atomic mass is 9.81. The van der Waals surface area contributed by atoms with Crippen molar-refractivity contribution < 1.29 is 39.6 Å². The first-order valence-corrected chi connectivity index (χ1v) is 7.94. The summed E-state index contributed by atoms with van der Waals surface area (Å²) < 4.78 is 0. The summed E-state index contributed by atoms with van der Waals surface area (Å²) in [5.41, 5.74) is -2.10. The maximum atomic E-state index is 12.8. The highest BCUT2D eigenvalue weighted by Crippen LogP contribution is 2.45. The minimum Gasteiger partial charge on any atom is -0.506 e. The van der Waals surface area contributed by atoms with Gasteiger partial charge >= 0.3 is 11.9 Å². The topological polar surface area (TPSA) is 149 Å². The van der Waals surface area contributed by atoms with Gasteiger partial charge < -0.3 is 20.4 Å². The van der Waals surface area contributed by atoms with Gasteiger partial charge in [-0.15, -0.1) is 0 Å². The number of benzene rings is 3. The molecule has 0 heterocycles. The summed E-state index contributed by atoms with van der Waals surface area (Å²) >= 11 is 0. The number of hydrogen-bond donors (Lipinski definition) is 4. The number of carbonyl (C=O) groups excluding carboxylic acids is 2. The number of rotatable bonds is 2. The van der Waals surface area contributed by atoms with Crippen LogP contribution in [-0.2, 0) is 0 Å². The summed E-state index contributed by atoms with van der Waals surface area (Å²) in [4.78, 5) is 48.5. The van der Waals surface area contributed by atoms with Crippen molar-refractivity contribution >= 4 is 34.3 Å². The molecule has 0 radical (unpaired) electrons. The number of fused-ring (bicyclic) bond motifs is 3. The SMILES string of the molecule is O=C(O)c1cc2c(O)c3c(c(O)c2cc1C(=O)O)C(=O)c1ccccc1C3=O. The van der Waals surface area contributed by atoms with Crippen LogP contribution in [0.1, 0.15) is 52.6 Å². The maximum absolute atomic E-state index is 12.8. The zero-order chi connectivity index (χ0) is 20.3. The van der Waals surface area contributed by atoms with Crippen molar-refractivity contribution in [1.29, 1.82) is 0 Å². The van der Waals surface area contributed by atoms with Gasteiger partial charge in [0.1, 0.15) is 11.5 Å². The van der Waals surface area contributed by atoms with E-state index in [-0.39, 0.29) is 21.9 Å². The molecule has 0 amide bonds. The molecule has 8 heteroatoms. The Morgan fingerprint density at radius 3 is 1.36 bits per heavy atom. The summed E-state index contributed by atoms with van der Waals surface area (Å²) in [6.07, 6.45) is 0. The Morgan fingerprint density at radius 2 is 1.04 bits per heavy atom. The number of phenols is 2. The second kappa shape index (κ2) is 5.65. The first kappa shape index (κ1) is 17.2. The fourth-order valence-electron chi connectivity index (χ4n) is 3.44. The van der Waals surface area contributed by atoms with E-state index in [1.807, 2.05) is 0 Å². The van der Waals surface area contributed by atoms with Gasteiger partial charge in [-0.25, -0.2) is 9.59 Å². The molecule has 0 aromatic heterocycles. The summed E-state index contributed by atoms with van der Waals surface area (Å²) in [6.45, 7) is 0. The molecule has 0 saturated carbocycles. The van der Waals surface area contributed by atoms with E-state index < -0.39 is 57.3 Å².